The second-order valence-corrected chi connectivity index (χ2v) is 7.68. The predicted octanol–water partition coefficient (Wildman–Crippen LogP) is 1.83. The third kappa shape index (κ3) is 3.57. The van der Waals surface area contributed by atoms with Crippen LogP contribution < -0.4 is 16.4 Å². The molecule has 2 heterocycles. The normalized spacial score (nSPS) is 16.2. The first-order chi connectivity index (χ1) is 11.9. The minimum atomic E-state index is -0.477. The fraction of sp³-hybridized carbons (Fsp3) is 0.375. The van der Waals surface area contributed by atoms with Crippen LogP contribution in [0.15, 0.2) is 12.3 Å². The van der Waals surface area contributed by atoms with Gasteiger partial charge in [-0.2, -0.15) is 5.10 Å². The standard InChI is InChI=1S/C16H19N5O2S2/c1-8-3-4-9-11(7-8)25-15(12(9)13(17)22)20-16(24)19-14(23)10-5-6-18-21(10)2/h5-6,8H,3-4,7H2,1-2H3,(H2,17,22)(H2,19,20,23,24). The van der Waals surface area contributed by atoms with Crippen molar-refractivity contribution in [2.75, 3.05) is 5.32 Å². The molecule has 3 rings (SSSR count). The third-order valence-electron chi connectivity index (χ3n) is 4.27. The molecule has 0 aliphatic heterocycles. The molecule has 4 N–H and O–H groups in total. The van der Waals surface area contributed by atoms with Gasteiger partial charge in [-0.15, -0.1) is 11.3 Å². The second-order valence-electron chi connectivity index (χ2n) is 6.17. The van der Waals surface area contributed by atoms with Crippen molar-refractivity contribution in [3.8, 4) is 0 Å². The number of amides is 2. The van der Waals surface area contributed by atoms with Crippen molar-refractivity contribution < 1.29 is 9.59 Å². The number of hydrogen-bond acceptors (Lipinski definition) is 5. The molecular formula is C16H19N5O2S2. The van der Waals surface area contributed by atoms with Crippen molar-refractivity contribution in [1.29, 1.82) is 0 Å². The highest BCUT2D eigenvalue weighted by atomic mass is 32.1. The monoisotopic (exact) mass is 377 g/mol. The topological polar surface area (TPSA) is 102 Å². The molecule has 2 aromatic rings. The van der Waals surface area contributed by atoms with Gasteiger partial charge in [-0.05, 0) is 49.0 Å². The van der Waals surface area contributed by atoms with Crippen molar-refractivity contribution in [1.82, 2.24) is 15.1 Å². The molecule has 0 fully saturated rings. The van der Waals surface area contributed by atoms with Crippen LogP contribution in [0.4, 0.5) is 5.00 Å². The number of nitrogens with zero attached hydrogens (tertiary/aromatic N) is 2. The van der Waals surface area contributed by atoms with E-state index in [1.54, 1.807) is 13.1 Å². The summed E-state index contributed by atoms with van der Waals surface area (Å²) in [6.45, 7) is 2.19. The van der Waals surface area contributed by atoms with Gasteiger partial charge in [-0.25, -0.2) is 0 Å². The Morgan fingerprint density at radius 1 is 1.48 bits per heavy atom. The number of anilines is 1. The SMILES string of the molecule is CC1CCc2c(sc(NC(=S)NC(=O)c3ccnn3C)c2C(N)=O)C1. The number of aryl methyl sites for hydroxylation is 1. The molecular weight excluding hydrogens is 358 g/mol. The highest BCUT2D eigenvalue weighted by molar-refractivity contribution is 7.80. The van der Waals surface area contributed by atoms with Crippen molar-refractivity contribution in [3.63, 3.8) is 0 Å². The van der Waals surface area contributed by atoms with Gasteiger partial charge in [0.05, 0.1) is 5.56 Å². The van der Waals surface area contributed by atoms with E-state index in [1.165, 1.54) is 22.2 Å². The van der Waals surface area contributed by atoms with Crippen molar-refractivity contribution in [3.05, 3.63) is 34.0 Å². The minimum absolute atomic E-state index is 0.125. The number of nitrogens with one attached hydrogen (secondary N) is 2. The summed E-state index contributed by atoms with van der Waals surface area (Å²) < 4.78 is 1.46. The van der Waals surface area contributed by atoms with E-state index in [2.05, 4.69) is 22.7 Å². The fourth-order valence-corrected chi connectivity index (χ4v) is 4.68. The molecule has 9 heteroatoms. The number of rotatable bonds is 3. The first-order valence-corrected chi connectivity index (χ1v) is 9.14. The maximum atomic E-state index is 12.2. The summed E-state index contributed by atoms with van der Waals surface area (Å²) in [5.74, 6) is -0.264. The molecule has 0 bridgehead atoms. The molecule has 132 valence electrons. The fourth-order valence-electron chi connectivity index (χ4n) is 3.00. The lowest BCUT2D eigenvalue weighted by molar-refractivity contribution is 0.0967. The van der Waals surface area contributed by atoms with Crippen LogP contribution in [0.25, 0.3) is 0 Å². The zero-order valence-electron chi connectivity index (χ0n) is 14.0. The van der Waals surface area contributed by atoms with Crippen LogP contribution in [0.5, 0.6) is 0 Å². The van der Waals surface area contributed by atoms with E-state index in [9.17, 15) is 9.59 Å². The lowest BCUT2D eigenvalue weighted by atomic mass is 9.88. The molecule has 2 amide bonds. The summed E-state index contributed by atoms with van der Waals surface area (Å²) in [6.07, 6.45) is 4.33. The van der Waals surface area contributed by atoms with E-state index in [1.807, 2.05) is 0 Å². The maximum Gasteiger partial charge on any atom is 0.275 e. The number of thiophene rings is 1. The maximum absolute atomic E-state index is 12.2. The van der Waals surface area contributed by atoms with Gasteiger partial charge >= 0.3 is 0 Å². The number of carbonyl (C=O) groups is 2. The van der Waals surface area contributed by atoms with Gasteiger partial charge in [-0.1, -0.05) is 6.92 Å². The van der Waals surface area contributed by atoms with Gasteiger partial charge in [-0.3, -0.25) is 19.6 Å². The Morgan fingerprint density at radius 3 is 2.88 bits per heavy atom. The lowest BCUT2D eigenvalue weighted by Gasteiger charge is -2.18. The molecule has 2 aromatic heterocycles. The molecule has 0 saturated carbocycles. The van der Waals surface area contributed by atoms with Crippen LogP contribution in [0.1, 0.15) is 44.6 Å². The number of aromatic nitrogens is 2. The largest absolute Gasteiger partial charge is 0.365 e. The Kier molecular flexibility index (Phi) is 4.87. The second kappa shape index (κ2) is 6.93. The number of thiocarbonyl (C=S) groups is 1. The molecule has 25 heavy (non-hydrogen) atoms. The smallest absolute Gasteiger partial charge is 0.275 e. The highest BCUT2D eigenvalue weighted by Gasteiger charge is 2.27. The number of carbonyl (C=O) groups excluding carboxylic acids is 2. The Labute approximate surface area is 154 Å². The number of nitrogens with two attached hydrogens (primary N) is 1. The summed E-state index contributed by atoms with van der Waals surface area (Å²) in [7, 11) is 1.67. The van der Waals surface area contributed by atoms with E-state index in [0.29, 0.717) is 22.2 Å². The molecule has 1 unspecified atom stereocenters. The van der Waals surface area contributed by atoms with E-state index in [-0.39, 0.29) is 11.0 Å². The summed E-state index contributed by atoms with van der Waals surface area (Å²) in [5.41, 5.74) is 7.47. The minimum Gasteiger partial charge on any atom is -0.365 e. The lowest BCUT2D eigenvalue weighted by Crippen LogP contribution is -2.35. The molecule has 0 aromatic carbocycles. The zero-order chi connectivity index (χ0) is 18.1. The molecule has 7 nitrogen and oxygen atoms in total. The van der Waals surface area contributed by atoms with E-state index in [0.717, 1.165) is 29.7 Å². The predicted molar refractivity (Wildman–Crippen MR) is 101 cm³/mol. The summed E-state index contributed by atoms with van der Waals surface area (Å²) >= 11 is 6.70. The molecule has 0 spiro atoms. The average molecular weight is 377 g/mol. The Balaban J connectivity index is 1.78. The molecule has 1 aliphatic rings. The van der Waals surface area contributed by atoms with Gasteiger partial charge in [0, 0.05) is 18.1 Å². The van der Waals surface area contributed by atoms with E-state index in [4.69, 9.17) is 18.0 Å². The Morgan fingerprint density at radius 2 is 2.24 bits per heavy atom. The van der Waals surface area contributed by atoms with Gasteiger partial charge in [0.1, 0.15) is 10.7 Å². The quantitative estimate of drug-likeness (QED) is 0.708. The third-order valence-corrected chi connectivity index (χ3v) is 5.64. The first kappa shape index (κ1) is 17.6. The van der Waals surface area contributed by atoms with Crippen LogP contribution >= 0.6 is 23.6 Å². The van der Waals surface area contributed by atoms with Crippen molar-refractivity contribution >= 4 is 45.5 Å². The van der Waals surface area contributed by atoms with Gasteiger partial charge in [0.2, 0.25) is 0 Å². The summed E-state index contributed by atoms with van der Waals surface area (Å²) in [4.78, 5) is 25.3. The van der Waals surface area contributed by atoms with Crippen LogP contribution in [0.3, 0.4) is 0 Å². The number of hydrogen-bond donors (Lipinski definition) is 3. The van der Waals surface area contributed by atoms with Crippen molar-refractivity contribution in [2.24, 2.45) is 18.7 Å². The molecule has 0 saturated heterocycles. The van der Waals surface area contributed by atoms with Crippen molar-refractivity contribution in [2.45, 2.75) is 26.2 Å². The van der Waals surface area contributed by atoms with Crippen LogP contribution in [0, 0.1) is 5.92 Å². The van der Waals surface area contributed by atoms with E-state index < -0.39 is 5.91 Å². The molecule has 0 radical (unpaired) electrons. The van der Waals surface area contributed by atoms with Gasteiger partial charge in [0.25, 0.3) is 11.8 Å². The van der Waals surface area contributed by atoms with E-state index >= 15 is 0 Å². The first-order valence-electron chi connectivity index (χ1n) is 7.91. The zero-order valence-corrected chi connectivity index (χ0v) is 15.6. The van der Waals surface area contributed by atoms with Gasteiger partial charge in [0.15, 0.2) is 5.11 Å². The molecule has 1 atom stereocenters. The van der Waals surface area contributed by atoms with Crippen LogP contribution in [0.2, 0.25) is 0 Å². The summed E-state index contributed by atoms with van der Waals surface area (Å²) in [6, 6.07) is 1.60. The molecule has 1 aliphatic carbocycles. The van der Waals surface area contributed by atoms with Crippen LogP contribution in [-0.2, 0) is 19.9 Å². The average Bonchev–Trinajstić information content (AvgIpc) is 3.09. The Hall–Kier alpha value is -2.26. The Bertz CT molecular complexity index is 855. The number of fused-ring (bicyclic) bond motifs is 1. The number of primary amides is 1. The van der Waals surface area contributed by atoms with Gasteiger partial charge < -0.3 is 11.1 Å². The summed E-state index contributed by atoms with van der Waals surface area (Å²) in [5, 5.41) is 10.2. The van der Waals surface area contributed by atoms with Crippen LogP contribution in [-0.4, -0.2) is 26.7 Å². The highest BCUT2D eigenvalue weighted by Crippen LogP contribution is 2.39.